The molecule has 1 aliphatic rings. The lowest BCUT2D eigenvalue weighted by atomic mass is 10.0. The van der Waals surface area contributed by atoms with E-state index >= 15 is 0 Å². The Morgan fingerprint density at radius 3 is 2.30 bits per heavy atom. The Morgan fingerprint density at radius 1 is 1.06 bits per heavy atom. The highest BCUT2D eigenvalue weighted by Crippen LogP contribution is 2.31. The van der Waals surface area contributed by atoms with E-state index in [0.717, 1.165) is 42.8 Å². The van der Waals surface area contributed by atoms with Crippen molar-refractivity contribution in [1.29, 1.82) is 0 Å². The third-order valence-electron chi connectivity index (χ3n) is 6.11. The molecular formula is C25H35N3O4S. The van der Waals surface area contributed by atoms with E-state index in [0.29, 0.717) is 6.54 Å². The van der Waals surface area contributed by atoms with Gasteiger partial charge in [-0.3, -0.25) is 9.69 Å². The van der Waals surface area contributed by atoms with Gasteiger partial charge in [0.15, 0.2) is 0 Å². The average molecular weight is 474 g/mol. The summed E-state index contributed by atoms with van der Waals surface area (Å²) in [6.07, 6.45) is 2.23. The highest BCUT2D eigenvalue weighted by molar-refractivity contribution is 7.89. The number of hydrogen-bond acceptors (Lipinski definition) is 5. The molecule has 2 aromatic carbocycles. The maximum absolute atomic E-state index is 13.2. The quantitative estimate of drug-likeness (QED) is 0.553. The molecule has 2 aromatic rings. The van der Waals surface area contributed by atoms with E-state index in [4.69, 9.17) is 4.74 Å². The van der Waals surface area contributed by atoms with Gasteiger partial charge in [0, 0.05) is 12.1 Å². The summed E-state index contributed by atoms with van der Waals surface area (Å²) in [7, 11) is -2.18. The Hall–Kier alpha value is -2.42. The zero-order valence-electron chi connectivity index (χ0n) is 19.9. The second-order valence-corrected chi connectivity index (χ2v) is 10.6. The fourth-order valence-corrected chi connectivity index (χ4v) is 5.53. The normalized spacial score (nSPS) is 16.5. The molecule has 0 aliphatic carbocycles. The number of hydrogen-bond donors (Lipinski definition) is 2. The number of ether oxygens (including phenoxy) is 1. The minimum Gasteiger partial charge on any atom is -0.496 e. The molecule has 0 spiro atoms. The van der Waals surface area contributed by atoms with E-state index in [-0.39, 0.29) is 22.8 Å². The second-order valence-electron chi connectivity index (χ2n) is 8.90. The largest absolute Gasteiger partial charge is 0.496 e. The molecule has 1 aliphatic heterocycles. The summed E-state index contributed by atoms with van der Waals surface area (Å²) in [6, 6.07) is 13.5. The molecule has 180 valence electrons. The smallest absolute Gasteiger partial charge is 0.241 e. The molecule has 0 bridgehead atoms. The van der Waals surface area contributed by atoms with E-state index in [1.165, 1.54) is 0 Å². The first-order valence-corrected chi connectivity index (χ1v) is 12.9. The van der Waals surface area contributed by atoms with Crippen LogP contribution in [-0.2, 0) is 14.8 Å². The van der Waals surface area contributed by atoms with Crippen LogP contribution >= 0.6 is 0 Å². The molecule has 0 saturated carbocycles. The Labute approximate surface area is 197 Å². The van der Waals surface area contributed by atoms with Gasteiger partial charge in [-0.1, -0.05) is 49.7 Å². The third kappa shape index (κ3) is 6.34. The molecule has 8 heteroatoms. The minimum absolute atomic E-state index is 0.0471. The van der Waals surface area contributed by atoms with Crippen LogP contribution in [0.5, 0.6) is 5.75 Å². The van der Waals surface area contributed by atoms with Gasteiger partial charge < -0.3 is 10.1 Å². The van der Waals surface area contributed by atoms with E-state index in [2.05, 4.69) is 14.9 Å². The number of rotatable bonds is 10. The number of methoxy groups -OCH3 is 1. The van der Waals surface area contributed by atoms with Gasteiger partial charge in [-0.2, -0.15) is 4.72 Å². The van der Waals surface area contributed by atoms with Crippen molar-refractivity contribution in [3.8, 4) is 5.75 Å². The first kappa shape index (κ1) is 25.2. The van der Waals surface area contributed by atoms with Crippen molar-refractivity contribution in [2.24, 2.45) is 5.92 Å². The van der Waals surface area contributed by atoms with Crippen LogP contribution in [0, 0.1) is 12.8 Å². The SMILES string of the molecule is COc1ccccc1[C@@H](CNC(=O)[C@@H](NS(=O)(=O)c1ccc(C)cc1)C(C)C)N1CCCC1. The zero-order chi connectivity index (χ0) is 24.0. The molecule has 33 heavy (non-hydrogen) atoms. The number of carbonyl (C=O) groups is 1. The summed E-state index contributed by atoms with van der Waals surface area (Å²) < 4.78 is 34.0. The Kier molecular flexibility index (Phi) is 8.51. The van der Waals surface area contributed by atoms with Gasteiger partial charge in [-0.15, -0.1) is 0 Å². The number of nitrogens with one attached hydrogen (secondary N) is 2. The van der Waals surface area contributed by atoms with Crippen molar-refractivity contribution in [2.75, 3.05) is 26.7 Å². The number of benzene rings is 2. The van der Waals surface area contributed by atoms with Gasteiger partial charge in [-0.05, 0) is 57.0 Å². The van der Waals surface area contributed by atoms with E-state index < -0.39 is 16.1 Å². The van der Waals surface area contributed by atoms with E-state index in [9.17, 15) is 13.2 Å². The van der Waals surface area contributed by atoms with Crippen molar-refractivity contribution < 1.29 is 17.9 Å². The third-order valence-corrected chi connectivity index (χ3v) is 7.57. The molecule has 1 amide bonds. The average Bonchev–Trinajstić information content (AvgIpc) is 3.32. The van der Waals surface area contributed by atoms with Gasteiger partial charge in [0.1, 0.15) is 11.8 Å². The summed E-state index contributed by atoms with van der Waals surface area (Å²) >= 11 is 0. The number of nitrogens with zero attached hydrogens (tertiary/aromatic N) is 1. The highest BCUT2D eigenvalue weighted by atomic mass is 32.2. The number of aryl methyl sites for hydroxylation is 1. The molecule has 0 radical (unpaired) electrons. The van der Waals surface area contributed by atoms with Gasteiger partial charge in [-0.25, -0.2) is 8.42 Å². The Bertz CT molecular complexity index is 1030. The highest BCUT2D eigenvalue weighted by Gasteiger charge is 2.31. The summed E-state index contributed by atoms with van der Waals surface area (Å²) in [4.78, 5) is 15.7. The minimum atomic E-state index is -3.82. The van der Waals surface area contributed by atoms with E-state index in [1.54, 1.807) is 31.4 Å². The van der Waals surface area contributed by atoms with Crippen LogP contribution in [-0.4, -0.2) is 52.0 Å². The van der Waals surface area contributed by atoms with E-state index in [1.807, 2.05) is 45.0 Å². The summed E-state index contributed by atoms with van der Waals surface area (Å²) in [5.74, 6) is 0.227. The molecule has 2 atom stereocenters. The number of likely N-dealkylation sites (tertiary alicyclic amines) is 1. The number of para-hydroxylation sites is 1. The van der Waals surface area contributed by atoms with Crippen LogP contribution in [0.25, 0.3) is 0 Å². The lowest BCUT2D eigenvalue weighted by Gasteiger charge is -2.30. The maximum Gasteiger partial charge on any atom is 0.241 e. The Morgan fingerprint density at radius 2 is 1.70 bits per heavy atom. The van der Waals surface area contributed by atoms with Crippen LogP contribution in [0.3, 0.4) is 0 Å². The van der Waals surface area contributed by atoms with Crippen LogP contribution in [0.2, 0.25) is 0 Å². The standard InChI is InChI=1S/C25H35N3O4S/c1-18(2)24(27-33(30,31)20-13-11-19(3)12-14-20)25(29)26-17-22(28-15-7-8-16-28)21-9-5-6-10-23(21)32-4/h5-6,9-14,18,22,24,27H,7-8,15-17H2,1-4H3,(H,26,29)/t22-,24+/m1/s1. The molecule has 3 rings (SSSR count). The summed E-state index contributed by atoms with van der Waals surface area (Å²) in [6.45, 7) is 7.83. The molecular weight excluding hydrogens is 438 g/mol. The zero-order valence-corrected chi connectivity index (χ0v) is 20.7. The van der Waals surface area contributed by atoms with Gasteiger partial charge in [0.25, 0.3) is 0 Å². The molecule has 0 unspecified atom stereocenters. The molecule has 0 aromatic heterocycles. The first-order chi connectivity index (χ1) is 15.7. The Balaban J connectivity index is 1.76. The second kappa shape index (κ2) is 11.1. The van der Waals surface area contributed by atoms with Gasteiger partial charge >= 0.3 is 0 Å². The predicted molar refractivity (Wildman–Crippen MR) is 130 cm³/mol. The monoisotopic (exact) mass is 473 g/mol. The van der Waals surface area contributed by atoms with Crippen LogP contribution in [0.1, 0.15) is 43.9 Å². The van der Waals surface area contributed by atoms with Crippen molar-refractivity contribution in [3.63, 3.8) is 0 Å². The molecule has 1 heterocycles. The van der Waals surface area contributed by atoms with Crippen LogP contribution in [0.4, 0.5) is 0 Å². The molecule has 1 fully saturated rings. The summed E-state index contributed by atoms with van der Waals surface area (Å²) in [5.41, 5.74) is 1.99. The van der Waals surface area contributed by atoms with Crippen LogP contribution < -0.4 is 14.8 Å². The van der Waals surface area contributed by atoms with Gasteiger partial charge in [0.2, 0.25) is 15.9 Å². The fourth-order valence-electron chi connectivity index (χ4n) is 4.18. The number of sulfonamides is 1. The summed E-state index contributed by atoms with van der Waals surface area (Å²) in [5, 5.41) is 3.01. The van der Waals surface area contributed by atoms with Crippen molar-refractivity contribution in [3.05, 3.63) is 59.7 Å². The fraction of sp³-hybridized carbons (Fsp3) is 0.480. The van der Waals surface area contributed by atoms with Gasteiger partial charge in [0.05, 0.1) is 18.0 Å². The molecule has 2 N–H and O–H groups in total. The van der Waals surface area contributed by atoms with Crippen molar-refractivity contribution in [1.82, 2.24) is 14.9 Å². The van der Waals surface area contributed by atoms with Crippen molar-refractivity contribution in [2.45, 2.75) is 50.6 Å². The number of amides is 1. The maximum atomic E-state index is 13.2. The topological polar surface area (TPSA) is 87.7 Å². The first-order valence-electron chi connectivity index (χ1n) is 11.5. The number of carbonyl (C=O) groups excluding carboxylic acids is 1. The molecule has 1 saturated heterocycles. The van der Waals surface area contributed by atoms with Crippen LogP contribution in [0.15, 0.2) is 53.4 Å². The predicted octanol–water partition coefficient (Wildman–Crippen LogP) is 3.26. The lowest BCUT2D eigenvalue weighted by Crippen LogP contribution is -2.51. The molecule has 7 nitrogen and oxygen atoms in total. The lowest BCUT2D eigenvalue weighted by molar-refractivity contribution is -0.123. The van der Waals surface area contributed by atoms with Crippen molar-refractivity contribution >= 4 is 15.9 Å².